The highest BCUT2D eigenvalue weighted by atomic mass is 35.5. The molecule has 2 N–H and O–H groups in total. The van der Waals surface area contributed by atoms with Gasteiger partial charge in [0, 0.05) is 44.2 Å². The molecule has 9 nitrogen and oxygen atoms in total. The summed E-state index contributed by atoms with van der Waals surface area (Å²) in [5, 5.41) is 3.04. The van der Waals surface area contributed by atoms with E-state index in [-0.39, 0.29) is 22.7 Å². The standard InChI is InChI=1S/C22H24ClN5O4S/c1-27-11-14(22(29)25-16-7-15(23)8-17(9-16)26-33(3,30)31)6-21(27)20-5-4-18(10-24-20)28-12-19(13-28)32-2/h4-11,19,26H,12-13H2,1-3H3,(H,25,29). The zero-order chi connectivity index (χ0) is 23.8. The summed E-state index contributed by atoms with van der Waals surface area (Å²) in [4.78, 5) is 19.6. The molecular formula is C22H24ClN5O4S. The number of hydrogen-bond donors (Lipinski definition) is 2. The zero-order valence-electron chi connectivity index (χ0n) is 18.4. The third kappa shape index (κ3) is 5.47. The molecule has 0 radical (unpaired) electrons. The van der Waals surface area contributed by atoms with Gasteiger partial charge < -0.3 is 19.5 Å². The smallest absolute Gasteiger partial charge is 0.257 e. The summed E-state index contributed by atoms with van der Waals surface area (Å²) in [6.45, 7) is 1.69. The number of benzene rings is 1. The van der Waals surface area contributed by atoms with Crippen LogP contribution in [0.15, 0.2) is 48.8 Å². The number of carbonyl (C=O) groups excluding carboxylic acids is 1. The first-order valence-electron chi connectivity index (χ1n) is 10.1. The molecule has 0 bridgehead atoms. The van der Waals surface area contributed by atoms with Crippen molar-refractivity contribution in [1.82, 2.24) is 9.55 Å². The Morgan fingerprint density at radius 2 is 1.91 bits per heavy atom. The second kappa shape index (κ2) is 9.05. The lowest BCUT2D eigenvalue weighted by Gasteiger charge is -2.39. The van der Waals surface area contributed by atoms with Crippen LogP contribution in [0.1, 0.15) is 10.4 Å². The number of methoxy groups -OCH3 is 1. The number of rotatable bonds is 7. The number of anilines is 3. The minimum atomic E-state index is -3.48. The van der Waals surface area contributed by atoms with Crippen molar-refractivity contribution < 1.29 is 17.9 Å². The monoisotopic (exact) mass is 489 g/mol. The van der Waals surface area contributed by atoms with Crippen LogP contribution in [-0.2, 0) is 21.8 Å². The summed E-state index contributed by atoms with van der Waals surface area (Å²) >= 11 is 6.07. The molecule has 33 heavy (non-hydrogen) atoms. The van der Waals surface area contributed by atoms with E-state index in [0.717, 1.165) is 36.4 Å². The van der Waals surface area contributed by atoms with Gasteiger partial charge in [0.1, 0.15) is 0 Å². The van der Waals surface area contributed by atoms with E-state index in [1.54, 1.807) is 25.4 Å². The number of hydrogen-bond acceptors (Lipinski definition) is 6. The summed E-state index contributed by atoms with van der Waals surface area (Å²) in [7, 11) is 0.0778. The maximum atomic E-state index is 12.8. The molecule has 1 amide bonds. The summed E-state index contributed by atoms with van der Waals surface area (Å²) < 4.78 is 32.5. The van der Waals surface area contributed by atoms with Crippen LogP contribution in [0.25, 0.3) is 11.4 Å². The van der Waals surface area contributed by atoms with Crippen LogP contribution in [0, 0.1) is 0 Å². The van der Waals surface area contributed by atoms with Crippen LogP contribution >= 0.6 is 11.6 Å². The zero-order valence-corrected chi connectivity index (χ0v) is 19.9. The summed E-state index contributed by atoms with van der Waals surface area (Å²) in [6.07, 6.45) is 4.82. The SMILES string of the molecule is COC1CN(c2ccc(-c3cc(C(=O)Nc4cc(Cl)cc(NS(C)(=O)=O)c4)cn3C)nc2)C1. The van der Waals surface area contributed by atoms with Gasteiger partial charge in [-0.1, -0.05) is 11.6 Å². The number of aromatic nitrogens is 2. The molecule has 0 aliphatic carbocycles. The fraction of sp³-hybridized carbons (Fsp3) is 0.273. The molecule has 1 aliphatic heterocycles. The molecule has 4 rings (SSSR count). The Hall–Kier alpha value is -3.08. The number of nitrogens with one attached hydrogen (secondary N) is 2. The predicted molar refractivity (Wildman–Crippen MR) is 130 cm³/mol. The van der Waals surface area contributed by atoms with Crippen LogP contribution in [-0.4, -0.2) is 56.4 Å². The molecule has 0 saturated carbocycles. The lowest BCUT2D eigenvalue weighted by atomic mass is 10.1. The van der Waals surface area contributed by atoms with Gasteiger partial charge in [0.15, 0.2) is 0 Å². The van der Waals surface area contributed by atoms with E-state index in [2.05, 4.69) is 19.9 Å². The van der Waals surface area contributed by atoms with Crippen molar-refractivity contribution in [3.05, 3.63) is 59.4 Å². The van der Waals surface area contributed by atoms with Crippen LogP contribution in [0.4, 0.5) is 17.1 Å². The van der Waals surface area contributed by atoms with Gasteiger partial charge in [0.05, 0.1) is 46.9 Å². The first-order valence-corrected chi connectivity index (χ1v) is 12.4. The predicted octanol–water partition coefficient (Wildman–Crippen LogP) is 3.20. The topological polar surface area (TPSA) is 106 Å². The number of halogens is 1. The van der Waals surface area contributed by atoms with E-state index in [1.807, 2.05) is 29.9 Å². The van der Waals surface area contributed by atoms with Crippen molar-refractivity contribution in [2.24, 2.45) is 7.05 Å². The third-order valence-electron chi connectivity index (χ3n) is 5.28. The number of sulfonamides is 1. The number of aryl methyl sites for hydroxylation is 1. The van der Waals surface area contributed by atoms with Crippen LogP contribution < -0.4 is 14.9 Å². The van der Waals surface area contributed by atoms with Gasteiger partial charge in [-0.2, -0.15) is 0 Å². The van der Waals surface area contributed by atoms with E-state index < -0.39 is 10.0 Å². The van der Waals surface area contributed by atoms with Crippen LogP contribution in [0.3, 0.4) is 0 Å². The fourth-order valence-corrected chi connectivity index (χ4v) is 4.39. The average Bonchev–Trinajstić information content (AvgIpc) is 3.08. The molecule has 1 saturated heterocycles. The first-order chi connectivity index (χ1) is 15.6. The van der Waals surface area contributed by atoms with E-state index >= 15 is 0 Å². The first kappa shape index (κ1) is 23.1. The third-order valence-corrected chi connectivity index (χ3v) is 6.11. The Balaban J connectivity index is 1.49. The van der Waals surface area contributed by atoms with Crippen molar-refractivity contribution >= 4 is 44.6 Å². The quantitative estimate of drug-likeness (QED) is 0.528. The molecule has 2 aromatic heterocycles. The second-order valence-corrected chi connectivity index (χ2v) is 10.1. The summed E-state index contributed by atoms with van der Waals surface area (Å²) in [5.74, 6) is -0.354. The maximum absolute atomic E-state index is 12.8. The number of nitrogens with zero attached hydrogens (tertiary/aromatic N) is 3. The average molecular weight is 490 g/mol. The minimum absolute atomic E-state index is 0.261. The molecule has 174 valence electrons. The van der Waals surface area contributed by atoms with Crippen molar-refractivity contribution in [3.8, 4) is 11.4 Å². The van der Waals surface area contributed by atoms with E-state index in [0.29, 0.717) is 11.3 Å². The molecule has 11 heteroatoms. The highest BCUT2D eigenvalue weighted by Gasteiger charge is 2.26. The Kier molecular flexibility index (Phi) is 6.33. The van der Waals surface area contributed by atoms with Gasteiger partial charge in [0.2, 0.25) is 10.0 Å². The normalized spacial score (nSPS) is 14.1. The summed E-state index contributed by atoms with van der Waals surface area (Å²) in [5.41, 5.74) is 3.62. The van der Waals surface area contributed by atoms with Gasteiger partial charge >= 0.3 is 0 Å². The number of carbonyl (C=O) groups is 1. The Morgan fingerprint density at radius 1 is 1.18 bits per heavy atom. The van der Waals surface area contributed by atoms with E-state index in [9.17, 15) is 13.2 Å². The largest absolute Gasteiger partial charge is 0.378 e. The number of ether oxygens (including phenoxy) is 1. The van der Waals surface area contributed by atoms with Gasteiger partial charge in [0.25, 0.3) is 5.91 Å². The number of amides is 1. The number of pyridine rings is 1. The molecule has 1 fully saturated rings. The molecule has 1 aromatic carbocycles. The van der Waals surface area contributed by atoms with Gasteiger partial charge in [-0.25, -0.2) is 8.42 Å². The second-order valence-electron chi connectivity index (χ2n) is 7.95. The minimum Gasteiger partial charge on any atom is -0.378 e. The maximum Gasteiger partial charge on any atom is 0.257 e. The Morgan fingerprint density at radius 3 is 2.55 bits per heavy atom. The van der Waals surface area contributed by atoms with Crippen molar-refractivity contribution in [3.63, 3.8) is 0 Å². The Bertz CT molecular complexity index is 1280. The van der Waals surface area contributed by atoms with Gasteiger partial charge in [-0.05, 0) is 36.4 Å². The van der Waals surface area contributed by atoms with Crippen molar-refractivity contribution in [2.45, 2.75) is 6.10 Å². The van der Waals surface area contributed by atoms with Crippen molar-refractivity contribution in [1.29, 1.82) is 0 Å². The molecular weight excluding hydrogens is 466 g/mol. The molecule has 3 aromatic rings. The molecule has 3 heterocycles. The van der Waals surface area contributed by atoms with E-state index in [1.165, 1.54) is 12.1 Å². The summed E-state index contributed by atoms with van der Waals surface area (Å²) in [6, 6.07) is 10.2. The van der Waals surface area contributed by atoms with Gasteiger partial charge in [-0.3, -0.25) is 14.5 Å². The molecule has 1 aliphatic rings. The van der Waals surface area contributed by atoms with Gasteiger partial charge in [-0.15, -0.1) is 0 Å². The van der Waals surface area contributed by atoms with E-state index in [4.69, 9.17) is 16.3 Å². The lowest BCUT2D eigenvalue weighted by molar-refractivity contribution is 0.0787. The highest BCUT2D eigenvalue weighted by Crippen LogP contribution is 2.27. The molecule has 0 atom stereocenters. The fourth-order valence-electron chi connectivity index (χ4n) is 3.60. The van der Waals surface area contributed by atoms with Crippen LogP contribution in [0.5, 0.6) is 0 Å². The molecule has 0 spiro atoms. The Labute approximate surface area is 197 Å². The van der Waals surface area contributed by atoms with Crippen molar-refractivity contribution in [2.75, 3.05) is 41.4 Å². The highest BCUT2D eigenvalue weighted by molar-refractivity contribution is 7.92. The molecule has 0 unspecified atom stereocenters. The lowest BCUT2D eigenvalue weighted by Crippen LogP contribution is -2.51. The van der Waals surface area contributed by atoms with Crippen LogP contribution in [0.2, 0.25) is 5.02 Å².